The highest BCUT2D eigenvalue weighted by Crippen LogP contribution is 2.28. The predicted molar refractivity (Wildman–Crippen MR) is 90.9 cm³/mol. The van der Waals surface area contributed by atoms with Crippen LogP contribution in [-0.2, 0) is 4.74 Å². The topological polar surface area (TPSA) is 67.4 Å². The van der Waals surface area contributed by atoms with E-state index in [0.29, 0.717) is 24.7 Å². The van der Waals surface area contributed by atoms with Gasteiger partial charge >= 0.3 is 6.09 Å². The number of ether oxygens (including phenoxy) is 1. The van der Waals surface area contributed by atoms with E-state index in [9.17, 15) is 9.18 Å². The number of carbonyl (C=O) groups excluding carboxylic acids is 1. The Morgan fingerprint density at radius 3 is 2.50 bits per heavy atom. The summed E-state index contributed by atoms with van der Waals surface area (Å²) >= 11 is 0. The van der Waals surface area contributed by atoms with Gasteiger partial charge in [-0.15, -0.1) is 0 Å². The second-order valence-corrected chi connectivity index (χ2v) is 7.41. The molecule has 2 heterocycles. The van der Waals surface area contributed by atoms with Crippen molar-refractivity contribution in [1.29, 1.82) is 0 Å². The number of nitrogens with one attached hydrogen (secondary N) is 1. The summed E-state index contributed by atoms with van der Waals surface area (Å²) < 4.78 is 20.3. The minimum absolute atomic E-state index is 0.172. The molecule has 0 unspecified atom stereocenters. The molecule has 2 rings (SSSR count). The number of anilines is 1. The number of piperidine rings is 1. The van der Waals surface area contributed by atoms with Gasteiger partial charge in [-0.25, -0.2) is 19.2 Å². The van der Waals surface area contributed by atoms with E-state index < -0.39 is 11.3 Å². The maximum Gasteiger partial charge on any atom is 0.410 e. The van der Waals surface area contributed by atoms with E-state index in [2.05, 4.69) is 15.3 Å². The monoisotopic (exact) mass is 338 g/mol. The fraction of sp³-hybridized carbons (Fsp3) is 0.706. The molecule has 0 radical (unpaired) electrons. The van der Waals surface area contributed by atoms with E-state index in [1.807, 2.05) is 34.6 Å². The summed E-state index contributed by atoms with van der Waals surface area (Å²) in [6.45, 7) is 10.0. The maximum atomic E-state index is 14.9. The molecule has 1 aliphatic heterocycles. The smallest absolute Gasteiger partial charge is 0.410 e. The van der Waals surface area contributed by atoms with Crippen LogP contribution in [0, 0.1) is 13.8 Å². The fourth-order valence-electron chi connectivity index (χ4n) is 2.65. The first-order chi connectivity index (χ1) is 11.1. The highest BCUT2D eigenvalue weighted by Gasteiger charge is 2.37. The van der Waals surface area contributed by atoms with E-state index in [0.717, 1.165) is 5.69 Å². The molecule has 1 aromatic heterocycles. The number of hydrogen-bond acceptors (Lipinski definition) is 5. The van der Waals surface area contributed by atoms with Gasteiger partial charge in [0.15, 0.2) is 0 Å². The Morgan fingerprint density at radius 2 is 1.96 bits per heavy atom. The number of aryl methyl sites for hydroxylation is 2. The van der Waals surface area contributed by atoms with Gasteiger partial charge in [0, 0.05) is 37.7 Å². The van der Waals surface area contributed by atoms with Crippen LogP contribution in [0.3, 0.4) is 0 Å². The lowest BCUT2D eigenvalue weighted by atomic mass is 9.93. The highest BCUT2D eigenvalue weighted by atomic mass is 19.1. The second-order valence-electron chi connectivity index (χ2n) is 7.41. The molecule has 0 atom stereocenters. The number of amides is 1. The molecular weight excluding hydrogens is 311 g/mol. The van der Waals surface area contributed by atoms with Gasteiger partial charge in [-0.05, 0) is 34.6 Å². The third kappa shape index (κ3) is 5.32. The Morgan fingerprint density at radius 1 is 1.33 bits per heavy atom. The zero-order valence-corrected chi connectivity index (χ0v) is 15.1. The summed E-state index contributed by atoms with van der Waals surface area (Å²) in [7, 11) is 0. The van der Waals surface area contributed by atoms with Gasteiger partial charge < -0.3 is 15.0 Å². The van der Waals surface area contributed by atoms with Crippen LogP contribution in [-0.4, -0.2) is 51.9 Å². The highest BCUT2D eigenvalue weighted by molar-refractivity contribution is 5.68. The number of aromatic nitrogens is 2. The third-order valence-corrected chi connectivity index (χ3v) is 3.86. The van der Waals surface area contributed by atoms with Crippen LogP contribution in [0.15, 0.2) is 6.07 Å². The van der Waals surface area contributed by atoms with Crippen molar-refractivity contribution < 1.29 is 13.9 Å². The first kappa shape index (κ1) is 18.4. The number of nitrogens with zero attached hydrogens (tertiary/aromatic N) is 3. The van der Waals surface area contributed by atoms with Gasteiger partial charge in [-0.3, -0.25) is 0 Å². The van der Waals surface area contributed by atoms with E-state index in [1.165, 1.54) is 0 Å². The lowest BCUT2D eigenvalue weighted by Gasteiger charge is -2.37. The van der Waals surface area contributed by atoms with Gasteiger partial charge in [-0.1, -0.05) is 0 Å². The van der Waals surface area contributed by atoms with Crippen molar-refractivity contribution in [2.24, 2.45) is 0 Å². The second kappa shape index (κ2) is 6.91. The molecule has 1 amide bonds. The molecule has 6 nitrogen and oxygen atoms in total. The van der Waals surface area contributed by atoms with Crippen LogP contribution in [0.1, 0.15) is 45.1 Å². The number of halogens is 1. The van der Waals surface area contributed by atoms with Crippen molar-refractivity contribution in [2.75, 3.05) is 25.0 Å². The molecule has 7 heteroatoms. The molecule has 1 N–H and O–H groups in total. The summed E-state index contributed by atoms with van der Waals surface area (Å²) in [6.07, 6.45) is 0.185. The van der Waals surface area contributed by atoms with Crippen LogP contribution in [0.4, 0.5) is 15.0 Å². The minimum Gasteiger partial charge on any atom is -0.444 e. The molecule has 0 saturated carbocycles. The molecule has 0 spiro atoms. The standard InChI is InChI=1S/C17H27FN4O2/c1-12-10-14(21-13(2)20-12)19-11-17(18)6-8-22(9-7-17)15(23)24-16(3,4)5/h10H,6-9,11H2,1-5H3,(H,19,20,21). The number of alkyl halides is 1. The van der Waals surface area contributed by atoms with E-state index in [1.54, 1.807) is 11.0 Å². The van der Waals surface area contributed by atoms with Crippen LogP contribution in [0.25, 0.3) is 0 Å². The number of rotatable bonds is 3. The van der Waals surface area contributed by atoms with E-state index in [-0.39, 0.29) is 25.5 Å². The number of likely N-dealkylation sites (tertiary alicyclic amines) is 1. The van der Waals surface area contributed by atoms with Crippen molar-refractivity contribution in [3.8, 4) is 0 Å². The maximum absolute atomic E-state index is 14.9. The van der Waals surface area contributed by atoms with Gasteiger partial charge in [0.25, 0.3) is 0 Å². The SMILES string of the molecule is Cc1cc(NCC2(F)CCN(C(=O)OC(C)(C)C)CC2)nc(C)n1. The predicted octanol–water partition coefficient (Wildman–Crippen LogP) is 3.24. The summed E-state index contributed by atoms with van der Waals surface area (Å²) in [5, 5.41) is 3.06. The minimum atomic E-state index is -1.36. The summed E-state index contributed by atoms with van der Waals surface area (Å²) in [5.41, 5.74) is -1.05. The van der Waals surface area contributed by atoms with Crippen molar-refractivity contribution in [1.82, 2.24) is 14.9 Å². The first-order valence-corrected chi connectivity index (χ1v) is 8.29. The zero-order chi connectivity index (χ0) is 18.0. The van der Waals surface area contributed by atoms with Crippen LogP contribution < -0.4 is 5.32 Å². The van der Waals surface area contributed by atoms with Gasteiger partial charge in [0.1, 0.15) is 22.9 Å². The summed E-state index contributed by atoms with van der Waals surface area (Å²) in [6, 6.07) is 1.80. The molecule has 0 bridgehead atoms. The van der Waals surface area contributed by atoms with Crippen molar-refractivity contribution in [2.45, 2.75) is 58.7 Å². The van der Waals surface area contributed by atoms with E-state index in [4.69, 9.17) is 4.74 Å². The van der Waals surface area contributed by atoms with Crippen LogP contribution >= 0.6 is 0 Å². The molecular formula is C17H27FN4O2. The third-order valence-electron chi connectivity index (χ3n) is 3.86. The molecule has 0 aromatic carbocycles. The Kier molecular flexibility index (Phi) is 5.30. The first-order valence-electron chi connectivity index (χ1n) is 8.29. The lowest BCUT2D eigenvalue weighted by molar-refractivity contribution is 0.00574. The molecule has 0 aliphatic carbocycles. The Hall–Kier alpha value is -1.92. The largest absolute Gasteiger partial charge is 0.444 e. The van der Waals surface area contributed by atoms with Crippen molar-refractivity contribution >= 4 is 11.9 Å². The normalized spacial score (nSPS) is 17.5. The molecule has 1 fully saturated rings. The molecule has 1 aliphatic rings. The molecule has 1 aromatic rings. The molecule has 24 heavy (non-hydrogen) atoms. The van der Waals surface area contributed by atoms with Crippen LogP contribution in [0.5, 0.6) is 0 Å². The molecule has 134 valence electrons. The number of carbonyl (C=O) groups is 1. The van der Waals surface area contributed by atoms with Gasteiger partial charge in [0.2, 0.25) is 0 Å². The van der Waals surface area contributed by atoms with Gasteiger partial charge in [0.05, 0.1) is 6.54 Å². The average molecular weight is 338 g/mol. The zero-order valence-electron chi connectivity index (χ0n) is 15.1. The molecule has 1 saturated heterocycles. The summed E-state index contributed by atoms with van der Waals surface area (Å²) in [4.78, 5) is 22.1. The van der Waals surface area contributed by atoms with Crippen molar-refractivity contribution in [3.63, 3.8) is 0 Å². The lowest BCUT2D eigenvalue weighted by Crippen LogP contribution is -2.48. The number of hydrogen-bond donors (Lipinski definition) is 1. The Labute approximate surface area is 142 Å². The van der Waals surface area contributed by atoms with Crippen molar-refractivity contribution in [3.05, 3.63) is 17.6 Å². The average Bonchev–Trinajstić information content (AvgIpc) is 2.43. The van der Waals surface area contributed by atoms with Crippen LogP contribution in [0.2, 0.25) is 0 Å². The Balaban J connectivity index is 1.87. The Bertz CT molecular complexity index is 572. The summed E-state index contributed by atoms with van der Waals surface area (Å²) in [5.74, 6) is 1.29. The van der Waals surface area contributed by atoms with Gasteiger partial charge in [-0.2, -0.15) is 0 Å². The fourth-order valence-corrected chi connectivity index (χ4v) is 2.65. The van der Waals surface area contributed by atoms with E-state index >= 15 is 0 Å². The quantitative estimate of drug-likeness (QED) is 0.916.